The Kier molecular flexibility index (Phi) is 3.74. The Bertz CT molecular complexity index is 1040. The van der Waals surface area contributed by atoms with Gasteiger partial charge in [-0.1, -0.05) is 60.7 Å². The lowest BCUT2D eigenvalue weighted by molar-refractivity contribution is 0.100. The van der Waals surface area contributed by atoms with Crippen LogP contribution in [-0.2, 0) is 6.54 Å². The van der Waals surface area contributed by atoms with Gasteiger partial charge < -0.3 is 5.73 Å². The van der Waals surface area contributed by atoms with Crippen LogP contribution in [0, 0.1) is 0 Å². The summed E-state index contributed by atoms with van der Waals surface area (Å²) >= 11 is 0. The predicted octanol–water partition coefficient (Wildman–Crippen LogP) is 3.25. The number of benzene rings is 2. The van der Waals surface area contributed by atoms with Gasteiger partial charge in [0.1, 0.15) is 0 Å². The van der Waals surface area contributed by atoms with Crippen molar-refractivity contribution in [1.82, 2.24) is 14.8 Å². The van der Waals surface area contributed by atoms with E-state index in [1.165, 1.54) is 0 Å². The summed E-state index contributed by atoms with van der Waals surface area (Å²) in [6, 6.07) is 21.5. The molecule has 0 atom stereocenters. The van der Waals surface area contributed by atoms with Crippen LogP contribution in [0.4, 0.5) is 0 Å². The average Bonchev–Trinajstić information content (AvgIpc) is 3.05. The number of aromatic nitrogens is 3. The fraction of sp³-hybridized carbons (Fsp3) is 0.0500. The lowest BCUT2D eigenvalue weighted by Gasteiger charge is -2.07. The first kappa shape index (κ1) is 15.1. The number of hydrogen-bond acceptors (Lipinski definition) is 3. The van der Waals surface area contributed by atoms with Gasteiger partial charge in [-0.3, -0.25) is 4.79 Å². The third kappa shape index (κ3) is 2.87. The van der Waals surface area contributed by atoms with Crippen LogP contribution in [0.5, 0.6) is 0 Å². The molecular formula is C20H16N4O. The summed E-state index contributed by atoms with van der Waals surface area (Å²) in [5.74, 6) is -0.483. The van der Waals surface area contributed by atoms with E-state index in [0.29, 0.717) is 28.8 Å². The van der Waals surface area contributed by atoms with Crippen molar-refractivity contribution in [3.8, 4) is 11.3 Å². The van der Waals surface area contributed by atoms with E-state index >= 15 is 0 Å². The highest BCUT2D eigenvalue weighted by Crippen LogP contribution is 2.25. The molecule has 0 saturated carbocycles. The zero-order valence-electron chi connectivity index (χ0n) is 13.5. The second-order valence-electron chi connectivity index (χ2n) is 5.81. The molecule has 0 aliphatic rings. The molecular weight excluding hydrogens is 312 g/mol. The van der Waals surface area contributed by atoms with Crippen molar-refractivity contribution in [2.24, 2.45) is 5.73 Å². The molecule has 0 fully saturated rings. The molecule has 122 valence electrons. The summed E-state index contributed by atoms with van der Waals surface area (Å²) in [7, 11) is 0. The van der Waals surface area contributed by atoms with E-state index in [-0.39, 0.29) is 0 Å². The van der Waals surface area contributed by atoms with E-state index in [0.717, 1.165) is 11.1 Å². The second kappa shape index (κ2) is 6.20. The number of pyridine rings is 1. The summed E-state index contributed by atoms with van der Waals surface area (Å²) in [4.78, 5) is 16.7. The normalized spacial score (nSPS) is 10.9. The number of rotatable bonds is 4. The summed E-state index contributed by atoms with van der Waals surface area (Å²) in [5, 5.41) is 5.08. The fourth-order valence-corrected chi connectivity index (χ4v) is 2.88. The molecule has 2 N–H and O–H groups in total. The van der Waals surface area contributed by atoms with Crippen LogP contribution in [0.2, 0.25) is 0 Å². The SMILES string of the molecule is NC(=O)c1cc(-c2ccccc2)nc2c1cnn2Cc1ccccc1. The third-order valence-electron chi connectivity index (χ3n) is 4.12. The third-order valence-corrected chi connectivity index (χ3v) is 4.12. The maximum atomic E-state index is 11.9. The van der Waals surface area contributed by atoms with Gasteiger partial charge in [-0.05, 0) is 11.6 Å². The number of nitrogens with zero attached hydrogens (tertiary/aromatic N) is 3. The van der Waals surface area contributed by atoms with Crippen molar-refractivity contribution in [2.45, 2.75) is 6.54 Å². The Morgan fingerprint density at radius 1 is 1.00 bits per heavy atom. The number of primary amides is 1. The van der Waals surface area contributed by atoms with Crippen LogP contribution in [-0.4, -0.2) is 20.7 Å². The lowest BCUT2D eigenvalue weighted by Crippen LogP contribution is -2.12. The van der Waals surface area contributed by atoms with Crippen molar-refractivity contribution in [1.29, 1.82) is 0 Å². The monoisotopic (exact) mass is 328 g/mol. The molecule has 25 heavy (non-hydrogen) atoms. The zero-order chi connectivity index (χ0) is 17.2. The van der Waals surface area contributed by atoms with Gasteiger partial charge in [0.15, 0.2) is 5.65 Å². The van der Waals surface area contributed by atoms with E-state index < -0.39 is 5.91 Å². The van der Waals surface area contributed by atoms with Crippen LogP contribution in [0.15, 0.2) is 72.9 Å². The molecule has 0 radical (unpaired) electrons. The molecule has 4 aromatic rings. The van der Waals surface area contributed by atoms with Crippen LogP contribution < -0.4 is 5.73 Å². The number of fused-ring (bicyclic) bond motifs is 1. The fourth-order valence-electron chi connectivity index (χ4n) is 2.88. The average molecular weight is 328 g/mol. The molecule has 0 aliphatic carbocycles. The van der Waals surface area contributed by atoms with Gasteiger partial charge >= 0.3 is 0 Å². The highest BCUT2D eigenvalue weighted by molar-refractivity contribution is 6.05. The van der Waals surface area contributed by atoms with Gasteiger partial charge in [0.05, 0.1) is 29.4 Å². The molecule has 5 nitrogen and oxygen atoms in total. The Morgan fingerprint density at radius 3 is 2.36 bits per heavy atom. The number of hydrogen-bond donors (Lipinski definition) is 1. The molecule has 0 aliphatic heterocycles. The van der Waals surface area contributed by atoms with Crippen LogP contribution >= 0.6 is 0 Å². The van der Waals surface area contributed by atoms with Crippen LogP contribution in [0.3, 0.4) is 0 Å². The van der Waals surface area contributed by atoms with E-state index in [1.807, 2.05) is 60.7 Å². The Morgan fingerprint density at radius 2 is 1.68 bits per heavy atom. The minimum absolute atomic E-state index is 0.433. The number of carbonyl (C=O) groups is 1. The van der Waals surface area contributed by atoms with Crippen molar-refractivity contribution >= 4 is 16.9 Å². The summed E-state index contributed by atoms with van der Waals surface area (Å²) in [5.41, 5.74) is 9.42. The van der Waals surface area contributed by atoms with Crippen molar-refractivity contribution < 1.29 is 4.79 Å². The molecule has 2 aromatic heterocycles. The molecule has 0 spiro atoms. The van der Waals surface area contributed by atoms with Crippen LogP contribution in [0.1, 0.15) is 15.9 Å². The maximum absolute atomic E-state index is 11.9. The Balaban J connectivity index is 1.89. The minimum Gasteiger partial charge on any atom is -0.366 e. The minimum atomic E-state index is -0.483. The molecule has 0 bridgehead atoms. The summed E-state index contributed by atoms with van der Waals surface area (Å²) in [6.45, 7) is 0.577. The first-order valence-corrected chi connectivity index (χ1v) is 7.98. The largest absolute Gasteiger partial charge is 0.366 e. The van der Waals surface area contributed by atoms with Gasteiger partial charge in [-0.2, -0.15) is 5.10 Å². The van der Waals surface area contributed by atoms with Gasteiger partial charge in [-0.15, -0.1) is 0 Å². The maximum Gasteiger partial charge on any atom is 0.249 e. The zero-order valence-corrected chi connectivity index (χ0v) is 13.5. The van der Waals surface area contributed by atoms with E-state index in [4.69, 9.17) is 10.7 Å². The smallest absolute Gasteiger partial charge is 0.249 e. The van der Waals surface area contributed by atoms with E-state index in [9.17, 15) is 4.79 Å². The second-order valence-corrected chi connectivity index (χ2v) is 5.81. The summed E-state index contributed by atoms with van der Waals surface area (Å²) in [6.07, 6.45) is 1.65. The molecule has 5 heteroatoms. The highest BCUT2D eigenvalue weighted by atomic mass is 16.1. The first-order valence-electron chi connectivity index (χ1n) is 7.98. The van der Waals surface area contributed by atoms with Gasteiger partial charge in [0, 0.05) is 5.56 Å². The van der Waals surface area contributed by atoms with Crippen molar-refractivity contribution in [2.75, 3.05) is 0 Å². The molecule has 4 rings (SSSR count). The number of nitrogens with two attached hydrogens (primary N) is 1. The standard InChI is InChI=1S/C20H16N4O/c21-19(25)16-11-18(15-9-5-2-6-10-15)23-20-17(16)12-22-24(20)13-14-7-3-1-4-8-14/h1-12H,13H2,(H2,21,25). The quantitative estimate of drug-likeness (QED) is 0.625. The van der Waals surface area contributed by atoms with Gasteiger partial charge in [0.2, 0.25) is 5.91 Å². The predicted molar refractivity (Wildman–Crippen MR) is 97.0 cm³/mol. The number of carbonyl (C=O) groups excluding carboxylic acids is 1. The van der Waals surface area contributed by atoms with Crippen molar-refractivity contribution in [3.63, 3.8) is 0 Å². The highest BCUT2D eigenvalue weighted by Gasteiger charge is 2.15. The molecule has 1 amide bonds. The van der Waals surface area contributed by atoms with Gasteiger partial charge in [-0.25, -0.2) is 9.67 Å². The van der Waals surface area contributed by atoms with Crippen LogP contribution in [0.25, 0.3) is 22.3 Å². The van der Waals surface area contributed by atoms with E-state index in [2.05, 4.69) is 5.10 Å². The first-order chi connectivity index (χ1) is 12.2. The topological polar surface area (TPSA) is 73.8 Å². The Labute approximate surface area is 144 Å². The summed E-state index contributed by atoms with van der Waals surface area (Å²) < 4.78 is 1.80. The molecule has 0 unspecified atom stereocenters. The Hall–Kier alpha value is -3.47. The molecule has 0 saturated heterocycles. The van der Waals surface area contributed by atoms with E-state index in [1.54, 1.807) is 16.9 Å². The number of amides is 1. The van der Waals surface area contributed by atoms with Gasteiger partial charge in [0.25, 0.3) is 0 Å². The molecule has 2 heterocycles. The lowest BCUT2D eigenvalue weighted by atomic mass is 10.1. The van der Waals surface area contributed by atoms with Crippen molar-refractivity contribution in [3.05, 3.63) is 84.1 Å². The molecule has 2 aromatic carbocycles.